The minimum Gasteiger partial charge on any atom is -0.353 e. The van der Waals surface area contributed by atoms with E-state index in [1.807, 2.05) is 13.8 Å². The largest absolute Gasteiger partial charge is 0.353 e. The van der Waals surface area contributed by atoms with Crippen molar-refractivity contribution in [2.75, 3.05) is 13.1 Å². The summed E-state index contributed by atoms with van der Waals surface area (Å²) in [6, 6.07) is -0.453. The Balaban J connectivity index is 1.51. The van der Waals surface area contributed by atoms with Crippen LogP contribution in [0.1, 0.15) is 85.5 Å². The summed E-state index contributed by atoms with van der Waals surface area (Å²) in [6.07, 6.45) is 7.50. The Morgan fingerprint density at radius 2 is 1.75 bits per heavy atom. The van der Waals surface area contributed by atoms with Crippen LogP contribution in [-0.2, 0) is 14.4 Å². The highest BCUT2D eigenvalue weighted by molar-refractivity contribution is 5.89. The summed E-state index contributed by atoms with van der Waals surface area (Å²) in [5.41, 5.74) is 3.15. The number of carbonyl (C=O) groups excluding carboxylic acids is 4. The van der Waals surface area contributed by atoms with Crippen LogP contribution in [0.25, 0.3) is 0 Å². The van der Waals surface area contributed by atoms with Gasteiger partial charge in [-0.1, -0.05) is 33.1 Å². The molecule has 0 radical (unpaired) electrons. The van der Waals surface area contributed by atoms with Crippen molar-refractivity contribution in [3.05, 3.63) is 0 Å². The van der Waals surface area contributed by atoms with Gasteiger partial charge >= 0.3 is 6.03 Å². The second-order valence-electron chi connectivity index (χ2n) is 11.7. The van der Waals surface area contributed by atoms with Crippen LogP contribution in [0.2, 0.25) is 0 Å². The number of nitrogens with one attached hydrogen (secondary N) is 3. The van der Waals surface area contributed by atoms with E-state index in [1.54, 1.807) is 9.80 Å². The van der Waals surface area contributed by atoms with Crippen LogP contribution in [0.3, 0.4) is 0 Å². The molecule has 10 nitrogen and oxygen atoms in total. The minimum absolute atomic E-state index is 0.0342. The maximum atomic E-state index is 13.6. The van der Waals surface area contributed by atoms with Gasteiger partial charge in [0.15, 0.2) is 6.29 Å². The molecule has 2 heterocycles. The summed E-state index contributed by atoms with van der Waals surface area (Å²) < 4.78 is 0. The van der Waals surface area contributed by atoms with E-state index in [9.17, 15) is 19.2 Å². The zero-order valence-electron chi connectivity index (χ0n) is 22.3. The molecule has 4 rings (SSSR count). The van der Waals surface area contributed by atoms with Crippen molar-refractivity contribution in [2.45, 2.75) is 110 Å². The number of amides is 5. The van der Waals surface area contributed by atoms with Gasteiger partial charge in [-0.2, -0.15) is 5.43 Å². The van der Waals surface area contributed by atoms with Gasteiger partial charge in [0, 0.05) is 30.6 Å². The fraction of sp³-hybridized carbons (Fsp3) is 0.846. The summed E-state index contributed by atoms with van der Waals surface area (Å²) in [5.74, 6) is -0.276. The smallest absolute Gasteiger partial charge is 0.337 e. The first-order chi connectivity index (χ1) is 17.2. The molecule has 0 spiro atoms. The number of hydrazine groups is 1. The number of fused-ring (bicyclic) bond motifs is 3. The molecular formula is C26H44N6O4. The first-order valence-electron chi connectivity index (χ1n) is 13.9. The molecule has 2 aliphatic carbocycles. The molecule has 0 aromatic heterocycles. The molecule has 202 valence electrons. The maximum absolute atomic E-state index is 13.6. The minimum atomic E-state index is -0.628. The molecule has 4 aliphatic rings. The number of carbonyl (C=O) groups is 4. The van der Waals surface area contributed by atoms with Crippen molar-refractivity contribution in [3.8, 4) is 0 Å². The van der Waals surface area contributed by atoms with Crippen LogP contribution in [0.15, 0.2) is 0 Å². The normalized spacial score (nSPS) is 29.0. The molecule has 3 N–H and O–H groups in total. The predicted octanol–water partition coefficient (Wildman–Crippen LogP) is 2.16. The SMILES string of the molecule is CC(C)CCN1C(=O)C2CCC(C(=O)NC3CCCCC3)CC2N2C(=O)N(CC(=O)NC(C)C)NC12. The lowest BCUT2D eigenvalue weighted by molar-refractivity contribution is -0.159. The van der Waals surface area contributed by atoms with Crippen LogP contribution < -0.4 is 16.1 Å². The number of hydrogen-bond acceptors (Lipinski definition) is 5. The van der Waals surface area contributed by atoms with Gasteiger partial charge in [-0.3, -0.25) is 19.3 Å². The van der Waals surface area contributed by atoms with Crippen LogP contribution in [0.4, 0.5) is 4.79 Å². The van der Waals surface area contributed by atoms with Crippen molar-refractivity contribution < 1.29 is 19.2 Å². The van der Waals surface area contributed by atoms with Crippen molar-refractivity contribution in [3.63, 3.8) is 0 Å². The van der Waals surface area contributed by atoms with Gasteiger partial charge in [0.05, 0.1) is 5.92 Å². The van der Waals surface area contributed by atoms with Gasteiger partial charge in [0.1, 0.15) is 6.54 Å². The van der Waals surface area contributed by atoms with Gasteiger partial charge in [-0.15, -0.1) is 0 Å². The van der Waals surface area contributed by atoms with E-state index >= 15 is 0 Å². The van der Waals surface area contributed by atoms with Crippen molar-refractivity contribution >= 4 is 23.8 Å². The Hall–Kier alpha value is -2.36. The second-order valence-corrected chi connectivity index (χ2v) is 11.7. The molecule has 2 saturated heterocycles. The molecule has 4 fully saturated rings. The fourth-order valence-corrected chi connectivity index (χ4v) is 6.18. The van der Waals surface area contributed by atoms with Crippen molar-refractivity contribution in [1.82, 2.24) is 30.9 Å². The average molecular weight is 505 g/mol. The predicted molar refractivity (Wildman–Crippen MR) is 135 cm³/mol. The third-order valence-electron chi connectivity index (χ3n) is 8.08. The van der Waals surface area contributed by atoms with E-state index < -0.39 is 6.29 Å². The molecular weight excluding hydrogens is 460 g/mol. The van der Waals surface area contributed by atoms with Crippen LogP contribution in [0.5, 0.6) is 0 Å². The Morgan fingerprint density at radius 1 is 1.03 bits per heavy atom. The first kappa shape index (κ1) is 26.7. The Labute approximate surface area is 214 Å². The molecule has 4 unspecified atom stereocenters. The third kappa shape index (κ3) is 5.79. The van der Waals surface area contributed by atoms with Crippen LogP contribution in [-0.4, -0.2) is 76.1 Å². The monoisotopic (exact) mass is 504 g/mol. The summed E-state index contributed by atoms with van der Waals surface area (Å²) in [6.45, 7) is 8.38. The van der Waals surface area contributed by atoms with Gasteiger partial charge in [-0.25, -0.2) is 9.80 Å². The summed E-state index contributed by atoms with van der Waals surface area (Å²) >= 11 is 0. The topological polar surface area (TPSA) is 114 Å². The Morgan fingerprint density at radius 3 is 2.42 bits per heavy atom. The van der Waals surface area contributed by atoms with E-state index in [0.29, 0.717) is 31.7 Å². The highest BCUT2D eigenvalue weighted by Gasteiger charge is 2.56. The van der Waals surface area contributed by atoms with E-state index in [1.165, 1.54) is 11.4 Å². The van der Waals surface area contributed by atoms with Gasteiger partial charge in [-0.05, 0) is 58.3 Å². The second kappa shape index (κ2) is 11.4. The maximum Gasteiger partial charge on any atom is 0.337 e. The van der Waals surface area contributed by atoms with E-state index in [0.717, 1.165) is 32.1 Å². The lowest BCUT2D eigenvalue weighted by Gasteiger charge is -2.50. The van der Waals surface area contributed by atoms with E-state index in [4.69, 9.17) is 0 Å². The molecule has 0 bridgehead atoms. The quantitative estimate of drug-likeness (QED) is 0.469. The average Bonchev–Trinajstić information content (AvgIpc) is 3.14. The molecule has 2 aliphatic heterocycles. The Bertz CT molecular complexity index is 842. The van der Waals surface area contributed by atoms with E-state index in [-0.39, 0.29) is 60.3 Å². The molecule has 5 amide bonds. The lowest BCUT2D eigenvalue weighted by Crippen LogP contribution is -2.67. The highest BCUT2D eigenvalue weighted by Crippen LogP contribution is 2.40. The van der Waals surface area contributed by atoms with Crippen molar-refractivity contribution in [2.24, 2.45) is 17.8 Å². The third-order valence-corrected chi connectivity index (χ3v) is 8.08. The standard InChI is InChI=1S/C26H44N6O4/c1-16(2)12-13-30-24(35)20-11-10-18(23(34)28-19-8-6-5-7-9-19)14-21(20)32-25(30)29-31(26(32)36)15-22(33)27-17(3)4/h16-21,25,29H,5-15H2,1-4H3,(H,27,33)(H,28,34). The summed E-state index contributed by atoms with van der Waals surface area (Å²) in [4.78, 5) is 56.3. The van der Waals surface area contributed by atoms with Gasteiger partial charge in [0.25, 0.3) is 0 Å². The molecule has 4 atom stereocenters. The Kier molecular flexibility index (Phi) is 8.42. The van der Waals surface area contributed by atoms with Gasteiger partial charge in [0.2, 0.25) is 17.7 Å². The number of urea groups is 1. The molecule has 0 aromatic carbocycles. The molecule has 0 aromatic rings. The summed E-state index contributed by atoms with van der Waals surface area (Å²) in [5, 5.41) is 7.39. The number of hydrogen-bond donors (Lipinski definition) is 3. The fourth-order valence-electron chi connectivity index (χ4n) is 6.18. The molecule has 2 saturated carbocycles. The lowest BCUT2D eigenvalue weighted by atomic mass is 9.75. The molecule has 10 heteroatoms. The zero-order valence-corrected chi connectivity index (χ0v) is 22.3. The number of nitrogens with zero attached hydrogens (tertiary/aromatic N) is 3. The van der Waals surface area contributed by atoms with Crippen LogP contribution >= 0.6 is 0 Å². The zero-order chi connectivity index (χ0) is 26.0. The highest BCUT2D eigenvalue weighted by atomic mass is 16.2. The summed E-state index contributed by atoms with van der Waals surface area (Å²) in [7, 11) is 0. The van der Waals surface area contributed by atoms with E-state index in [2.05, 4.69) is 29.9 Å². The number of rotatable bonds is 8. The van der Waals surface area contributed by atoms with Crippen LogP contribution in [0, 0.1) is 17.8 Å². The first-order valence-corrected chi connectivity index (χ1v) is 13.9. The van der Waals surface area contributed by atoms with Crippen molar-refractivity contribution in [1.29, 1.82) is 0 Å². The molecule has 36 heavy (non-hydrogen) atoms. The van der Waals surface area contributed by atoms with Gasteiger partial charge < -0.3 is 15.5 Å².